The molecule has 3 aromatic heterocycles. The van der Waals surface area contributed by atoms with Crippen LogP contribution in [0.2, 0.25) is 0 Å². The Balaban J connectivity index is 1.15. The number of hydrogen-bond donors (Lipinski definition) is 1. The Kier molecular flexibility index (Phi) is 9.16. The number of amides is 1. The van der Waals surface area contributed by atoms with Crippen molar-refractivity contribution in [3.63, 3.8) is 0 Å². The topological polar surface area (TPSA) is 65.8 Å². The summed E-state index contributed by atoms with van der Waals surface area (Å²) < 4.78 is 41.1. The monoisotopic (exact) mass is 624 g/mol. The van der Waals surface area contributed by atoms with E-state index in [0.29, 0.717) is 12.1 Å². The van der Waals surface area contributed by atoms with Crippen molar-refractivity contribution in [2.45, 2.75) is 45.1 Å². The number of pyridine rings is 2. The fourth-order valence-corrected chi connectivity index (χ4v) is 5.82. The van der Waals surface area contributed by atoms with E-state index in [-0.39, 0.29) is 11.9 Å². The first-order chi connectivity index (χ1) is 22.2. The van der Waals surface area contributed by atoms with Crippen molar-refractivity contribution < 1.29 is 18.0 Å². The average molecular weight is 625 g/mol. The number of alkyl halides is 3. The van der Waals surface area contributed by atoms with Crippen LogP contribution in [0.3, 0.4) is 0 Å². The smallest absolute Gasteiger partial charge is 0.355 e. The molecule has 1 N–H and O–H groups in total. The van der Waals surface area contributed by atoms with E-state index in [4.69, 9.17) is 0 Å². The van der Waals surface area contributed by atoms with Crippen LogP contribution in [0.25, 0.3) is 11.6 Å². The van der Waals surface area contributed by atoms with Gasteiger partial charge in [-0.15, -0.1) is 0 Å². The Hall–Kier alpha value is -4.96. The lowest BCUT2D eigenvalue weighted by Crippen LogP contribution is -2.46. The van der Waals surface area contributed by atoms with Gasteiger partial charge in [-0.3, -0.25) is 14.7 Å². The number of carbonyl (C=O) groups is 1. The summed E-state index contributed by atoms with van der Waals surface area (Å²) in [4.78, 5) is 26.8. The number of nitrogens with zero attached hydrogens (tertiary/aromatic N) is 5. The third-order valence-corrected chi connectivity index (χ3v) is 8.31. The van der Waals surface area contributed by atoms with Gasteiger partial charge in [-0.25, -0.2) is 4.98 Å². The van der Waals surface area contributed by atoms with Gasteiger partial charge >= 0.3 is 6.18 Å². The third-order valence-electron chi connectivity index (χ3n) is 8.31. The van der Waals surface area contributed by atoms with Crippen molar-refractivity contribution in [2.24, 2.45) is 0 Å². The number of aryl methyl sites for hydroxylation is 1. The minimum Gasteiger partial charge on any atom is -0.355 e. The number of hydrogen-bond acceptors (Lipinski definition) is 5. The van der Waals surface area contributed by atoms with Gasteiger partial charge in [0, 0.05) is 61.2 Å². The second-order valence-corrected chi connectivity index (χ2v) is 11.6. The number of fused-ring (bicyclic) bond motifs is 1. The number of nitrogens with one attached hydrogen (secondary N) is 1. The predicted molar refractivity (Wildman–Crippen MR) is 173 cm³/mol. The van der Waals surface area contributed by atoms with Crippen LogP contribution in [-0.4, -0.2) is 49.2 Å². The molecule has 1 saturated heterocycles. The number of rotatable bonds is 9. The van der Waals surface area contributed by atoms with Gasteiger partial charge in [-0.2, -0.15) is 13.2 Å². The van der Waals surface area contributed by atoms with E-state index in [9.17, 15) is 18.0 Å². The molecule has 1 aliphatic rings. The van der Waals surface area contributed by atoms with Crippen LogP contribution >= 0.6 is 0 Å². The largest absolute Gasteiger partial charge is 0.416 e. The number of benzene rings is 2. The fourth-order valence-electron chi connectivity index (χ4n) is 5.82. The van der Waals surface area contributed by atoms with E-state index >= 15 is 0 Å². The quantitative estimate of drug-likeness (QED) is 0.172. The second-order valence-electron chi connectivity index (χ2n) is 11.6. The molecular formula is C36H35F3N6O. The summed E-state index contributed by atoms with van der Waals surface area (Å²) >= 11 is 0. The predicted octanol–water partition coefficient (Wildman–Crippen LogP) is 7.51. The Morgan fingerprint density at radius 3 is 2.46 bits per heavy atom. The molecule has 2 aromatic carbocycles. The molecule has 5 aromatic rings. The van der Waals surface area contributed by atoms with Crippen molar-refractivity contribution >= 4 is 28.9 Å². The summed E-state index contributed by atoms with van der Waals surface area (Å²) in [6.45, 7) is 4.70. The molecular weight excluding hydrogens is 589 g/mol. The van der Waals surface area contributed by atoms with Crippen LogP contribution < -0.4 is 5.32 Å². The van der Waals surface area contributed by atoms with Crippen LogP contribution in [0, 0.1) is 6.92 Å². The van der Waals surface area contributed by atoms with E-state index in [1.54, 1.807) is 12.3 Å². The molecule has 6 rings (SSSR count). The minimum atomic E-state index is -4.41. The molecule has 0 radical (unpaired) electrons. The molecule has 4 heterocycles. The zero-order valence-corrected chi connectivity index (χ0v) is 25.5. The third kappa shape index (κ3) is 7.63. The lowest BCUT2D eigenvalue weighted by Gasteiger charge is -2.38. The second kappa shape index (κ2) is 13.6. The molecule has 7 nitrogen and oxygen atoms in total. The van der Waals surface area contributed by atoms with Crippen LogP contribution in [0.1, 0.15) is 41.1 Å². The number of anilines is 2. The molecule has 1 aliphatic heterocycles. The number of carbonyl (C=O) groups excluding carboxylic acids is 1. The standard InChI is InChI=1S/C36H35F3N6O/c1-26-22-31(15-18-40-26)42-30-12-7-28(8-13-30)24-45(35(46)14-9-27-5-10-29(11-6-27)36(37,38)39)32-16-20-43(21-17-32)25-34-41-23-33-4-2-3-19-44(33)34/h2-15,18-19,22-23,32H,16-17,20-21,24-25H2,1H3,(H,40,42)/b14-9+. The first kappa shape index (κ1) is 31.0. The molecule has 1 amide bonds. The Morgan fingerprint density at radius 1 is 0.978 bits per heavy atom. The molecule has 236 valence electrons. The molecule has 0 atom stereocenters. The highest BCUT2D eigenvalue weighted by Gasteiger charge is 2.30. The van der Waals surface area contributed by atoms with Gasteiger partial charge in [0.2, 0.25) is 5.91 Å². The number of halogens is 3. The first-order valence-electron chi connectivity index (χ1n) is 15.3. The summed E-state index contributed by atoms with van der Waals surface area (Å²) in [5.74, 6) is 0.809. The van der Waals surface area contributed by atoms with E-state index in [1.807, 2.05) is 78.8 Å². The highest BCUT2D eigenvalue weighted by atomic mass is 19.4. The number of piperidine rings is 1. The highest BCUT2D eigenvalue weighted by Crippen LogP contribution is 2.29. The maximum Gasteiger partial charge on any atom is 0.416 e. The maximum atomic E-state index is 13.7. The van der Waals surface area contributed by atoms with Gasteiger partial charge in [-0.05, 0) is 85.5 Å². The van der Waals surface area contributed by atoms with E-state index in [2.05, 4.69) is 24.6 Å². The first-order valence-corrected chi connectivity index (χ1v) is 15.3. The van der Waals surface area contributed by atoms with Crippen molar-refractivity contribution in [3.8, 4) is 0 Å². The molecule has 0 bridgehead atoms. The summed E-state index contributed by atoms with van der Waals surface area (Å²) in [7, 11) is 0. The van der Waals surface area contributed by atoms with E-state index < -0.39 is 11.7 Å². The minimum absolute atomic E-state index is 0.00983. The molecule has 1 fully saturated rings. The zero-order valence-electron chi connectivity index (χ0n) is 25.5. The molecule has 0 spiro atoms. The van der Waals surface area contributed by atoms with Gasteiger partial charge in [-0.1, -0.05) is 30.3 Å². The lowest BCUT2D eigenvalue weighted by molar-refractivity contribution is -0.137. The van der Waals surface area contributed by atoms with Gasteiger partial charge < -0.3 is 14.6 Å². The maximum absolute atomic E-state index is 13.7. The average Bonchev–Trinajstić information content (AvgIpc) is 3.46. The van der Waals surface area contributed by atoms with Gasteiger partial charge in [0.05, 0.1) is 23.8 Å². The van der Waals surface area contributed by atoms with Crippen molar-refractivity contribution in [3.05, 3.63) is 132 Å². The molecule has 0 unspecified atom stereocenters. The summed E-state index contributed by atoms with van der Waals surface area (Å²) in [6.07, 6.45) is 5.89. The molecule has 10 heteroatoms. The lowest BCUT2D eigenvalue weighted by atomic mass is 10.0. The normalized spacial score (nSPS) is 14.6. The van der Waals surface area contributed by atoms with Crippen molar-refractivity contribution in [1.82, 2.24) is 24.2 Å². The van der Waals surface area contributed by atoms with Crippen molar-refractivity contribution in [1.29, 1.82) is 0 Å². The van der Waals surface area contributed by atoms with Crippen LogP contribution in [0.5, 0.6) is 0 Å². The van der Waals surface area contributed by atoms with Gasteiger partial charge in [0.1, 0.15) is 5.82 Å². The Labute approximate surface area is 266 Å². The van der Waals surface area contributed by atoms with Crippen molar-refractivity contribution in [2.75, 3.05) is 18.4 Å². The summed E-state index contributed by atoms with van der Waals surface area (Å²) in [6, 6.07) is 22.7. The zero-order chi connectivity index (χ0) is 32.1. The van der Waals surface area contributed by atoms with Gasteiger partial charge in [0.25, 0.3) is 0 Å². The number of imidazole rings is 1. The number of likely N-dealkylation sites (tertiary alicyclic amines) is 1. The highest BCUT2D eigenvalue weighted by molar-refractivity contribution is 5.92. The van der Waals surface area contributed by atoms with Crippen LogP contribution in [-0.2, 0) is 24.1 Å². The van der Waals surface area contributed by atoms with Crippen LogP contribution in [0.4, 0.5) is 24.5 Å². The summed E-state index contributed by atoms with van der Waals surface area (Å²) in [5.41, 5.74) is 4.65. The van der Waals surface area contributed by atoms with E-state index in [1.165, 1.54) is 18.2 Å². The molecule has 0 saturated carbocycles. The SMILES string of the molecule is Cc1cc(Nc2ccc(CN(C(=O)/C=C/c3ccc(C(F)(F)F)cc3)C3CCN(Cc4ncc5ccccn45)CC3)cc2)ccn1. The van der Waals surface area contributed by atoms with Gasteiger partial charge in [0.15, 0.2) is 0 Å². The Bertz CT molecular complexity index is 1810. The molecule has 0 aliphatic carbocycles. The van der Waals surface area contributed by atoms with E-state index in [0.717, 1.165) is 78.6 Å². The summed E-state index contributed by atoms with van der Waals surface area (Å²) in [5, 5.41) is 3.38. The Morgan fingerprint density at radius 2 is 1.74 bits per heavy atom. The fraction of sp³-hybridized carbons (Fsp3) is 0.250. The number of aromatic nitrogens is 3. The molecule has 46 heavy (non-hydrogen) atoms. The van der Waals surface area contributed by atoms with Crippen LogP contribution in [0.15, 0.2) is 104 Å².